The molecule has 9 heteroatoms. The third kappa shape index (κ3) is 3.88. The fourth-order valence-corrected chi connectivity index (χ4v) is 7.83. The Labute approximate surface area is 202 Å². The zero-order valence-electron chi connectivity index (χ0n) is 18.2. The second-order valence-corrected chi connectivity index (χ2v) is 10.5. The first kappa shape index (κ1) is 23.9. The number of halogens is 1. The van der Waals surface area contributed by atoms with Gasteiger partial charge in [0, 0.05) is 29.0 Å². The number of hydrogen-bond donors (Lipinski definition) is 1. The molecule has 3 heterocycles. The summed E-state index contributed by atoms with van der Waals surface area (Å²) >= 11 is 7.59. The number of carbonyl (C=O) groups is 3. The largest absolute Gasteiger partial charge is 0.461 e. The molecule has 3 saturated heterocycles. The Morgan fingerprint density at radius 1 is 1.30 bits per heavy atom. The van der Waals surface area contributed by atoms with E-state index in [2.05, 4.69) is 13.2 Å². The summed E-state index contributed by atoms with van der Waals surface area (Å²) in [4.78, 5) is 43.6. The molecule has 176 valence electrons. The number of ether oxygens (including phenoxy) is 1. The quantitative estimate of drug-likeness (QED) is 0.423. The highest BCUT2D eigenvalue weighted by atomic mass is 35.5. The predicted molar refractivity (Wildman–Crippen MR) is 128 cm³/mol. The lowest BCUT2D eigenvalue weighted by Crippen LogP contribution is -2.55. The van der Waals surface area contributed by atoms with E-state index in [0.717, 1.165) is 6.42 Å². The van der Waals surface area contributed by atoms with Crippen LogP contribution in [-0.2, 0) is 19.1 Å². The summed E-state index contributed by atoms with van der Waals surface area (Å²) in [6.45, 7) is 7.43. The van der Waals surface area contributed by atoms with Crippen LogP contribution in [0, 0.1) is 11.8 Å². The Balaban J connectivity index is 1.73. The third-order valence-electron chi connectivity index (χ3n) is 6.71. The summed E-state index contributed by atoms with van der Waals surface area (Å²) in [6, 6.07) is 6.11. The van der Waals surface area contributed by atoms with Crippen molar-refractivity contribution in [1.29, 1.82) is 0 Å². The number of carbonyl (C=O) groups excluding carboxylic acids is 3. The van der Waals surface area contributed by atoms with Gasteiger partial charge in [0.05, 0.1) is 23.2 Å². The monoisotopic (exact) mass is 490 g/mol. The van der Waals surface area contributed by atoms with Crippen molar-refractivity contribution in [3.05, 3.63) is 54.6 Å². The maximum absolute atomic E-state index is 14.1. The highest BCUT2D eigenvalue weighted by Gasteiger charge is 2.74. The molecule has 33 heavy (non-hydrogen) atoms. The van der Waals surface area contributed by atoms with Gasteiger partial charge in [-0.05, 0) is 37.1 Å². The van der Waals surface area contributed by atoms with Gasteiger partial charge in [-0.1, -0.05) is 30.3 Å². The SMILES string of the molecule is C=CCOC(=O)[C@@H]1[C@@H]2CCC3(S2)C(C(=O)N(CC=C)c2ccc(Cl)cc2)N(CCO)C(=O)[C@H]13. The van der Waals surface area contributed by atoms with Crippen LogP contribution < -0.4 is 4.90 Å². The number of hydrogen-bond acceptors (Lipinski definition) is 6. The molecule has 4 rings (SSSR count). The first-order valence-corrected chi connectivity index (χ1v) is 12.2. The van der Waals surface area contributed by atoms with E-state index in [1.165, 1.54) is 11.0 Å². The Kier molecular flexibility index (Phi) is 6.88. The topological polar surface area (TPSA) is 87.2 Å². The van der Waals surface area contributed by atoms with Crippen LogP contribution in [0.1, 0.15) is 12.8 Å². The Morgan fingerprint density at radius 2 is 2.03 bits per heavy atom. The number of likely N-dealkylation sites (tertiary alicyclic amines) is 1. The average molecular weight is 491 g/mol. The van der Waals surface area contributed by atoms with E-state index in [4.69, 9.17) is 16.3 Å². The fraction of sp³-hybridized carbons (Fsp3) is 0.458. The van der Waals surface area contributed by atoms with E-state index >= 15 is 0 Å². The minimum Gasteiger partial charge on any atom is -0.461 e. The second-order valence-electron chi connectivity index (χ2n) is 8.44. The van der Waals surface area contributed by atoms with Crippen LogP contribution >= 0.6 is 23.4 Å². The molecule has 1 aromatic carbocycles. The second kappa shape index (κ2) is 9.52. The van der Waals surface area contributed by atoms with Gasteiger partial charge in [0.15, 0.2) is 0 Å². The van der Waals surface area contributed by atoms with Crippen LogP contribution in [-0.4, -0.2) is 70.1 Å². The van der Waals surface area contributed by atoms with E-state index in [1.807, 2.05) is 0 Å². The number of aliphatic hydroxyl groups excluding tert-OH is 1. The lowest BCUT2D eigenvalue weighted by atomic mass is 9.71. The maximum Gasteiger partial charge on any atom is 0.311 e. The number of esters is 1. The molecule has 7 nitrogen and oxygen atoms in total. The number of fused-ring (bicyclic) bond motifs is 1. The predicted octanol–water partition coefficient (Wildman–Crippen LogP) is 2.67. The van der Waals surface area contributed by atoms with E-state index in [1.54, 1.807) is 47.0 Å². The molecule has 3 aliphatic rings. The number of thioether (sulfide) groups is 1. The molecular weight excluding hydrogens is 464 g/mol. The molecule has 3 fully saturated rings. The molecule has 5 atom stereocenters. The van der Waals surface area contributed by atoms with Crippen molar-refractivity contribution in [2.45, 2.75) is 28.9 Å². The van der Waals surface area contributed by atoms with Crippen LogP contribution in [0.5, 0.6) is 0 Å². The van der Waals surface area contributed by atoms with Gasteiger partial charge in [0.2, 0.25) is 5.91 Å². The lowest BCUT2D eigenvalue weighted by molar-refractivity contribution is -0.153. The zero-order valence-corrected chi connectivity index (χ0v) is 19.8. The average Bonchev–Trinajstić information content (AvgIpc) is 3.44. The molecule has 3 aliphatic heterocycles. The van der Waals surface area contributed by atoms with Gasteiger partial charge in [-0.25, -0.2) is 0 Å². The van der Waals surface area contributed by atoms with Crippen molar-refractivity contribution in [1.82, 2.24) is 4.90 Å². The van der Waals surface area contributed by atoms with E-state index in [0.29, 0.717) is 17.1 Å². The molecule has 0 radical (unpaired) electrons. The van der Waals surface area contributed by atoms with Crippen molar-refractivity contribution in [2.75, 3.05) is 31.2 Å². The summed E-state index contributed by atoms with van der Waals surface area (Å²) in [5.74, 6) is -2.22. The fourth-order valence-electron chi connectivity index (χ4n) is 5.51. The lowest BCUT2D eigenvalue weighted by Gasteiger charge is -2.37. The van der Waals surface area contributed by atoms with Crippen molar-refractivity contribution in [3.8, 4) is 0 Å². The number of benzene rings is 1. The van der Waals surface area contributed by atoms with Gasteiger partial charge < -0.3 is 19.6 Å². The van der Waals surface area contributed by atoms with Gasteiger partial charge in [-0.15, -0.1) is 18.3 Å². The highest BCUT2D eigenvalue weighted by molar-refractivity contribution is 8.02. The number of rotatable bonds is 9. The Bertz CT molecular complexity index is 970. The van der Waals surface area contributed by atoms with Crippen molar-refractivity contribution >= 4 is 46.8 Å². The normalized spacial score (nSPS) is 29.6. The number of β-amino-alcohol motifs (C(OH)–C–C–N with tert-alkyl or cyclic N) is 1. The third-order valence-corrected chi connectivity index (χ3v) is 8.91. The first-order valence-electron chi connectivity index (χ1n) is 10.9. The molecule has 0 saturated carbocycles. The van der Waals surface area contributed by atoms with E-state index in [-0.39, 0.29) is 43.4 Å². The van der Waals surface area contributed by atoms with Crippen LogP contribution in [0.15, 0.2) is 49.6 Å². The zero-order chi connectivity index (χ0) is 23.8. The molecule has 1 N–H and O–H groups in total. The minimum atomic E-state index is -0.801. The molecule has 0 aliphatic carbocycles. The summed E-state index contributed by atoms with van der Waals surface area (Å²) in [6.07, 6.45) is 4.49. The van der Waals surface area contributed by atoms with Crippen LogP contribution in [0.4, 0.5) is 5.69 Å². The standard InChI is InChI=1S/C24H27ClN2O5S/c1-3-11-26(16-7-5-15(25)6-8-16)22(30)20-24-10-9-17(33-24)18(23(31)32-14-4-2)19(24)21(29)27(20)12-13-28/h3-8,17-20,28H,1-2,9-14H2/t17-,18+,19-,20?,24?/m0/s1. The minimum absolute atomic E-state index is 0.0235. The summed E-state index contributed by atoms with van der Waals surface area (Å²) in [5.41, 5.74) is 0.639. The number of anilines is 1. The molecule has 1 aromatic rings. The van der Waals surface area contributed by atoms with Crippen LogP contribution in [0.25, 0.3) is 0 Å². The molecular formula is C24H27ClN2O5S. The summed E-state index contributed by atoms with van der Waals surface area (Å²) < 4.78 is 4.59. The highest BCUT2D eigenvalue weighted by Crippen LogP contribution is 2.66. The molecule has 1 spiro atoms. The number of nitrogens with zero attached hydrogens (tertiary/aromatic N) is 2. The smallest absolute Gasteiger partial charge is 0.311 e. The molecule has 0 aromatic heterocycles. The molecule has 2 amide bonds. The van der Waals surface area contributed by atoms with Gasteiger partial charge in [-0.3, -0.25) is 14.4 Å². The number of amides is 2. The Morgan fingerprint density at radius 3 is 2.67 bits per heavy atom. The Hall–Kier alpha value is -2.29. The van der Waals surface area contributed by atoms with E-state index < -0.39 is 28.6 Å². The van der Waals surface area contributed by atoms with Gasteiger partial charge >= 0.3 is 5.97 Å². The summed E-state index contributed by atoms with van der Waals surface area (Å²) in [5, 5.41) is 10.2. The summed E-state index contributed by atoms with van der Waals surface area (Å²) in [7, 11) is 0. The maximum atomic E-state index is 14.1. The van der Waals surface area contributed by atoms with Gasteiger partial charge in [0.1, 0.15) is 12.6 Å². The van der Waals surface area contributed by atoms with Crippen LogP contribution in [0.3, 0.4) is 0 Å². The van der Waals surface area contributed by atoms with Gasteiger partial charge in [0.25, 0.3) is 5.91 Å². The number of aliphatic hydroxyl groups is 1. The van der Waals surface area contributed by atoms with Crippen molar-refractivity contribution < 1.29 is 24.2 Å². The molecule has 2 unspecified atom stereocenters. The molecule has 2 bridgehead atoms. The first-order chi connectivity index (χ1) is 15.9. The van der Waals surface area contributed by atoms with Crippen molar-refractivity contribution in [2.24, 2.45) is 11.8 Å². The van der Waals surface area contributed by atoms with Gasteiger partial charge in [-0.2, -0.15) is 0 Å². The van der Waals surface area contributed by atoms with Crippen LogP contribution in [0.2, 0.25) is 5.02 Å². The van der Waals surface area contributed by atoms with E-state index in [9.17, 15) is 19.5 Å². The van der Waals surface area contributed by atoms with Crippen molar-refractivity contribution in [3.63, 3.8) is 0 Å².